The van der Waals surface area contributed by atoms with Crippen molar-refractivity contribution in [2.45, 2.75) is 31.7 Å². The Morgan fingerprint density at radius 2 is 1.92 bits per heavy atom. The maximum Gasteiger partial charge on any atom is 0.236 e. The Balaban J connectivity index is 1.43. The number of aromatic nitrogens is 1. The third-order valence-electron chi connectivity index (χ3n) is 5.72. The molecule has 2 fully saturated rings. The Labute approximate surface area is 150 Å². The molecule has 2 heterocycles. The summed E-state index contributed by atoms with van der Waals surface area (Å²) in [5.41, 5.74) is 0. The average Bonchev–Trinajstić information content (AvgIpc) is 2.68. The fourth-order valence-corrected chi connectivity index (χ4v) is 3.90. The molecule has 1 saturated carbocycles. The Bertz CT molecular complexity index is 538. The van der Waals surface area contributed by atoms with Gasteiger partial charge in [-0.15, -0.1) is 0 Å². The zero-order valence-electron chi connectivity index (χ0n) is 15.2. The highest BCUT2D eigenvalue weighted by Gasteiger charge is 2.28. The van der Waals surface area contributed by atoms with Crippen LogP contribution < -0.4 is 4.90 Å². The summed E-state index contributed by atoms with van der Waals surface area (Å²) in [5.74, 6) is 1.67. The van der Waals surface area contributed by atoms with Crippen molar-refractivity contribution in [1.82, 2.24) is 14.8 Å². The zero-order valence-corrected chi connectivity index (χ0v) is 15.2. The van der Waals surface area contributed by atoms with Gasteiger partial charge in [0.15, 0.2) is 0 Å². The number of amides is 1. The second-order valence-electron chi connectivity index (χ2n) is 7.31. The van der Waals surface area contributed by atoms with E-state index in [4.69, 9.17) is 0 Å². The van der Waals surface area contributed by atoms with Crippen molar-refractivity contribution in [3.63, 3.8) is 0 Å². The van der Waals surface area contributed by atoms with E-state index >= 15 is 0 Å². The molecule has 1 saturated heterocycles. The van der Waals surface area contributed by atoms with Crippen LogP contribution in [0.1, 0.15) is 25.7 Å². The van der Waals surface area contributed by atoms with Crippen LogP contribution in [0.15, 0.2) is 24.4 Å². The first-order chi connectivity index (χ1) is 12.2. The first-order valence-electron chi connectivity index (χ1n) is 9.42. The molecule has 138 valence electrons. The van der Waals surface area contributed by atoms with Gasteiger partial charge in [0.1, 0.15) is 5.82 Å². The van der Waals surface area contributed by atoms with Gasteiger partial charge in [-0.05, 0) is 43.7 Å². The van der Waals surface area contributed by atoms with E-state index in [-0.39, 0.29) is 12.5 Å². The minimum absolute atomic E-state index is 0.221. The number of carbonyl (C=O) groups is 1. The average molecular weight is 346 g/mol. The van der Waals surface area contributed by atoms with E-state index in [1.54, 1.807) is 0 Å². The summed E-state index contributed by atoms with van der Waals surface area (Å²) in [5, 5.41) is 9.25. The van der Waals surface area contributed by atoms with Crippen molar-refractivity contribution in [2.24, 2.45) is 5.92 Å². The van der Waals surface area contributed by atoms with Crippen molar-refractivity contribution in [1.29, 1.82) is 0 Å². The minimum Gasteiger partial charge on any atom is -0.396 e. The lowest BCUT2D eigenvalue weighted by Crippen LogP contribution is -2.51. The minimum atomic E-state index is 0.221. The molecule has 0 bridgehead atoms. The molecule has 1 aliphatic heterocycles. The zero-order chi connectivity index (χ0) is 17.6. The number of likely N-dealkylation sites (N-methyl/N-ethyl adjacent to an activating group) is 1. The third kappa shape index (κ3) is 4.70. The molecule has 1 N–H and O–H groups in total. The molecule has 0 unspecified atom stereocenters. The molecular weight excluding hydrogens is 316 g/mol. The van der Waals surface area contributed by atoms with E-state index in [2.05, 4.69) is 14.8 Å². The lowest BCUT2D eigenvalue weighted by atomic mass is 9.86. The van der Waals surface area contributed by atoms with Crippen LogP contribution in [0.4, 0.5) is 5.82 Å². The van der Waals surface area contributed by atoms with Gasteiger partial charge in [0.05, 0.1) is 6.54 Å². The molecule has 1 aromatic heterocycles. The number of aliphatic hydroxyl groups is 1. The molecule has 1 aromatic rings. The van der Waals surface area contributed by atoms with Gasteiger partial charge in [-0.2, -0.15) is 0 Å². The smallest absolute Gasteiger partial charge is 0.236 e. The summed E-state index contributed by atoms with van der Waals surface area (Å²) in [6, 6.07) is 6.32. The number of rotatable bonds is 5. The molecule has 1 amide bonds. The Kier molecular flexibility index (Phi) is 6.26. The van der Waals surface area contributed by atoms with Gasteiger partial charge in [-0.3, -0.25) is 9.69 Å². The Morgan fingerprint density at radius 3 is 2.52 bits per heavy atom. The summed E-state index contributed by atoms with van der Waals surface area (Å²) < 4.78 is 0. The lowest BCUT2D eigenvalue weighted by Gasteiger charge is -2.38. The molecule has 0 aromatic carbocycles. The van der Waals surface area contributed by atoms with Gasteiger partial charge in [0.25, 0.3) is 0 Å². The van der Waals surface area contributed by atoms with Crippen LogP contribution in [0.25, 0.3) is 0 Å². The van der Waals surface area contributed by atoms with Crippen LogP contribution in [0.5, 0.6) is 0 Å². The standard InChI is InChI=1S/C19H30N4O2/c1-21(17-7-5-16(15-24)6-8-17)19(25)14-22-10-12-23(13-11-22)18-4-2-3-9-20-18/h2-4,9,16-17,24H,5-8,10-15H2,1H3. The molecule has 6 heteroatoms. The monoisotopic (exact) mass is 346 g/mol. The van der Waals surface area contributed by atoms with E-state index in [0.717, 1.165) is 57.7 Å². The largest absolute Gasteiger partial charge is 0.396 e. The molecule has 25 heavy (non-hydrogen) atoms. The topological polar surface area (TPSA) is 59.9 Å². The van der Waals surface area contributed by atoms with Gasteiger partial charge >= 0.3 is 0 Å². The van der Waals surface area contributed by atoms with Crippen molar-refractivity contribution < 1.29 is 9.90 Å². The highest BCUT2D eigenvalue weighted by molar-refractivity contribution is 5.78. The van der Waals surface area contributed by atoms with Crippen LogP contribution in [-0.4, -0.2) is 78.2 Å². The summed E-state index contributed by atoms with van der Waals surface area (Å²) in [4.78, 5) is 23.5. The highest BCUT2D eigenvalue weighted by Crippen LogP contribution is 2.26. The number of hydrogen-bond acceptors (Lipinski definition) is 5. The summed E-state index contributed by atoms with van der Waals surface area (Å²) in [6.45, 7) is 4.41. The first kappa shape index (κ1) is 18.1. The highest BCUT2D eigenvalue weighted by atomic mass is 16.3. The van der Waals surface area contributed by atoms with Crippen LogP contribution in [-0.2, 0) is 4.79 Å². The summed E-state index contributed by atoms with van der Waals surface area (Å²) in [7, 11) is 1.94. The van der Waals surface area contributed by atoms with Gasteiger partial charge in [-0.1, -0.05) is 6.07 Å². The molecule has 0 spiro atoms. The molecule has 0 atom stereocenters. The van der Waals surface area contributed by atoms with Gasteiger partial charge in [0.2, 0.25) is 5.91 Å². The van der Waals surface area contributed by atoms with Crippen LogP contribution in [0, 0.1) is 5.92 Å². The first-order valence-corrected chi connectivity index (χ1v) is 9.42. The maximum atomic E-state index is 12.6. The van der Waals surface area contributed by atoms with Gasteiger partial charge in [0, 0.05) is 52.1 Å². The van der Waals surface area contributed by atoms with Crippen molar-refractivity contribution in [2.75, 3.05) is 51.3 Å². The quantitative estimate of drug-likeness (QED) is 0.868. The molecular formula is C19H30N4O2. The molecule has 3 rings (SSSR count). The Hall–Kier alpha value is -1.66. The maximum absolute atomic E-state index is 12.6. The predicted molar refractivity (Wildman–Crippen MR) is 98.5 cm³/mol. The number of nitrogens with zero attached hydrogens (tertiary/aromatic N) is 4. The lowest BCUT2D eigenvalue weighted by molar-refractivity contribution is -0.134. The normalized spacial score (nSPS) is 25.0. The second kappa shape index (κ2) is 8.63. The number of carbonyl (C=O) groups excluding carboxylic acids is 1. The van der Waals surface area contributed by atoms with Crippen molar-refractivity contribution in [3.8, 4) is 0 Å². The number of anilines is 1. The van der Waals surface area contributed by atoms with E-state index in [0.29, 0.717) is 18.5 Å². The molecule has 2 aliphatic rings. The van der Waals surface area contributed by atoms with E-state index in [1.165, 1.54) is 0 Å². The van der Waals surface area contributed by atoms with Crippen LogP contribution in [0.3, 0.4) is 0 Å². The second-order valence-corrected chi connectivity index (χ2v) is 7.31. The van der Waals surface area contributed by atoms with E-state index < -0.39 is 0 Å². The van der Waals surface area contributed by atoms with Crippen molar-refractivity contribution >= 4 is 11.7 Å². The molecule has 1 aliphatic carbocycles. The van der Waals surface area contributed by atoms with Crippen LogP contribution >= 0.6 is 0 Å². The SMILES string of the molecule is CN(C(=O)CN1CCN(c2ccccn2)CC1)C1CCC(CO)CC1. The van der Waals surface area contributed by atoms with E-state index in [9.17, 15) is 9.90 Å². The van der Waals surface area contributed by atoms with Crippen LogP contribution in [0.2, 0.25) is 0 Å². The molecule has 6 nitrogen and oxygen atoms in total. The molecule has 0 radical (unpaired) electrons. The summed E-state index contributed by atoms with van der Waals surface area (Å²) in [6.07, 6.45) is 5.91. The number of aliphatic hydroxyl groups excluding tert-OH is 1. The fourth-order valence-electron chi connectivity index (χ4n) is 3.90. The number of piperazine rings is 1. The van der Waals surface area contributed by atoms with Gasteiger partial charge < -0.3 is 14.9 Å². The summed E-state index contributed by atoms with van der Waals surface area (Å²) >= 11 is 0. The number of pyridine rings is 1. The Morgan fingerprint density at radius 1 is 1.20 bits per heavy atom. The fraction of sp³-hybridized carbons (Fsp3) is 0.684. The third-order valence-corrected chi connectivity index (χ3v) is 5.72. The van der Waals surface area contributed by atoms with Gasteiger partial charge in [-0.25, -0.2) is 4.98 Å². The van der Waals surface area contributed by atoms with E-state index in [1.807, 2.05) is 36.3 Å². The number of hydrogen-bond donors (Lipinski definition) is 1. The predicted octanol–water partition coefficient (Wildman–Crippen LogP) is 1.21. The van der Waals surface area contributed by atoms with Crippen molar-refractivity contribution in [3.05, 3.63) is 24.4 Å².